The fourth-order valence-electron chi connectivity index (χ4n) is 1.75. The first kappa shape index (κ1) is 17.3. The molecule has 0 amide bonds. The second-order valence-corrected chi connectivity index (χ2v) is 7.54. The van der Waals surface area contributed by atoms with Gasteiger partial charge in [0, 0.05) is 22.4 Å². The summed E-state index contributed by atoms with van der Waals surface area (Å²) >= 11 is 6.00. The summed E-state index contributed by atoms with van der Waals surface area (Å²) in [5, 5.41) is 3.79. The molecule has 1 unspecified atom stereocenters. The Kier molecular flexibility index (Phi) is 6.79. The lowest BCUT2D eigenvalue weighted by Gasteiger charge is -2.17. The minimum atomic E-state index is -2.93. The molecule has 6 heteroatoms. The van der Waals surface area contributed by atoms with E-state index >= 15 is 0 Å². The zero-order valence-electron chi connectivity index (χ0n) is 12.1. The average molecular weight is 320 g/mol. The Labute approximate surface area is 126 Å². The number of rotatable bonds is 8. The highest BCUT2D eigenvalue weighted by Crippen LogP contribution is 2.28. The first-order valence-corrected chi connectivity index (χ1v) is 8.89. The van der Waals surface area contributed by atoms with Crippen LogP contribution >= 0.6 is 11.6 Å². The van der Waals surface area contributed by atoms with Gasteiger partial charge in [-0.25, -0.2) is 8.42 Å². The quantitative estimate of drug-likeness (QED) is 0.749. The van der Waals surface area contributed by atoms with Crippen LogP contribution in [0.1, 0.15) is 31.9 Å². The molecule has 1 atom stereocenters. The van der Waals surface area contributed by atoms with Crippen molar-refractivity contribution in [2.75, 3.05) is 25.2 Å². The van der Waals surface area contributed by atoms with Crippen LogP contribution in [0.5, 0.6) is 5.75 Å². The van der Waals surface area contributed by atoms with Crippen molar-refractivity contribution in [3.05, 3.63) is 28.8 Å². The summed E-state index contributed by atoms with van der Waals surface area (Å²) in [6.07, 6.45) is 0.492. The number of hydrogen-bond acceptors (Lipinski definition) is 4. The van der Waals surface area contributed by atoms with Gasteiger partial charge in [-0.3, -0.25) is 0 Å². The normalized spacial score (nSPS) is 13.2. The van der Waals surface area contributed by atoms with Gasteiger partial charge in [0.15, 0.2) is 0 Å². The first-order chi connectivity index (χ1) is 9.39. The monoisotopic (exact) mass is 319 g/mol. The Bertz CT molecular complexity index is 531. The van der Waals surface area contributed by atoms with Gasteiger partial charge in [-0.2, -0.15) is 0 Å². The van der Waals surface area contributed by atoms with Crippen molar-refractivity contribution < 1.29 is 13.2 Å². The lowest BCUT2D eigenvalue weighted by Crippen LogP contribution is -2.15. The largest absolute Gasteiger partial charge is 0.493 e. The van der Waals surface area contributed by atoms with E-state index in [4.69, 9.17) is 16.3 Å². The molecule has 0 aliphatic rings. The molecule has 1 rings (SSSR count). The van der Waals surface area contributed by atoms with Crippen LogP contribution in [0, 0.1) is 0 Å². The van der Waals surface area contributed by atoms with E-state index in [2.05, 4.69) is 5.32 Å². The SMILES string of the molecule is CCS(=O)(=O)CCCOc1ccc(Cl)cc1C(C)NC. The number of benzene rings is 1. The number of sulfone groups is 1. The second-order valence-electron chi connectivity index (χ2n) is 4.63. The van der Waals surface area contributed by atoms with E-state index in [0.717, 1.165) is 11.3 Å². The van der Waals surface area contributed by atoms with Gasteiger partial charge in [-0.1, -0.05) is 18.5 Å². The van der Waals surface area contributed by atoms with E-state index < -0.39 is 9.84 Å². The molecule has 0 saturated heterocycles. The van der Waals surface area contributed by atoms with Crippen LogP contribution in [0.2, 0.25) is 5.02 Å². The Morgan fingerprint density at radius 3 is 2.70 bits per heavy atom. The molecular formula is C14H22ClNO3S. The van der Waals surface area contributed by atoms with Crippen LogP contribution in [0.3, 0.4) is 0 Å². The fraction of sp³-hybridized carbons (Fsp3) is 0.571. The van der Waals surface area contributed by atoms with Crippen molar-refractivity contribution >= 4 is 21.4 Å². The third kappa shape index (κ3) is 5.31. The number of halogens is 1. The van der Waals surface area contributed by atoms with Crippen LogP contribution < -0.4 is 10.1 Å². The maximum atomic E-state index is 11.4. The molecule has 0 aromatic heterocycles. The topological polar surface area (TPSA) is 55.4 Å². The van der Waals surface area contributed by atoms with Crippen LogP contribution in [0.4, 0.5) is 0 Å². The highest BCUT2D eigenvalue weighted by molar-refractivity contribution is 7.91. The molecule has 1 aromatic rings. The van der Waals surface area contributed by atoms with Crippen LogP contribution in [-0.2, 0) is 9.84 Å². The molecule has 0 aliphatic heterocycles. The maximum absolute atomic E-state index is 11.4. The van der Waals surface area contributed by atoms with Crippen molar-refractivity contribution in [1.82, 2.24) is 5.32 Å². The Morgan fingerprint density at radius 2 is 2.10 bits per heavy atom. The maximum Gasteiger partial charge on any atom is 0.150 e. The third-order valence-electron chi connectivity index (χ3n) is 3.17. The highest BCUT2D eigenvalue weighted by Gasteiger charge is 2.12. The molecule has 0 aliphatic carbocycles. The molecule has 0 heterocycles. The van der Waals surface area contributed by atoms with Gasteiger partial charge in [0.2, 0.25) is 0 Å². The van der Waals surface area contributed by atoms with Crippen LogP contribution in [0.15, 0.2) is 18.2 Å². The summed E-state index contributed by atoms with van der Waals surface area (Å²) in [6.45, 7) is 4.05. The molecule has 0 fully saturated rings. The molecule has 1 aromatic carbocycles. The van der Waals surface area contributed by atoms with Crippen LogP contribution in [-0.4, -0.2) is 33.6 Å². The molecule has 20 heavy (non-hydrogen) atoms. The Balaban J connectivity index is 2.64. The van der Waals surface area contributed by atoms with E-state index in [1.165, 1.54) is 0 Å². The zero-order chi connectivity index (χ0) is 15.2. The van der Waals surface area contributed by atoms with Gasteiger partial charge in [-0.05, 0) is 38.6 Å². The lowest BCUT2D eigenvalue weighted by molar-refractivity contribution is 0.311. The third-order valence-corrected chi connectivity index (χ3v) is 5.19. The summed E-state index contributed by atoms with van der Waals surface area (Å²) in [6, 6.07) is 5.56. The molecule has 0 bridgehead atoms. The number of hydrogen-bond donors (Lipinski definition) is 1. The first-order valence-electron chi connectivity index (χ1n) is 6.69. The predicted octanol–water partition coefficient (Wildman–Crippen LogP) is 2.82. The van der Waals surface area contributed by atoms with E-state index in [9.17, 15) is 8.42 Å². The standard InChI is InChI=1S/C14H22ClNO3S/c1-4-20(17,18)9-5-8-19-14-7-6-12(15)10-13(14)11(2)16-3/h6-7,10-11,16H,4-5,8-9H2,1-3H3. The van der Waals surface area contributed by atoms with Gasteiger partial charge in [0.25, 0.3) is 0 Å². The molecule has 1 N–H and O–H groups in total. The van der Waals surface area contributed by atoms with Gasteiger partial charge < -0.3 is 10.1 Å². The second kappa shape index (κ2) is 7.86. The van der Waals surface area contributed by atoms with Gasteiger partial charge >= 0.3 is 0 Å². The molecule has 0 saturated carbocycles. The van der Waals surface area contributed by atoms with Gasteiger partial charge in [0.05, 0.1) is 12.4 Å². The average Bonchev–Trinajstić information content (AvgIpc) is 2.44. The summed E-state index contributed by atoms with van der Waals surface area (Å²) < 4.78 is 28.5. The fourth-order valence-corrected chi connectivity index (χ4v) is 2.78. The Hall–Kier alpha value is -0.780. The molecular weight excluding hydrogens is 298 g/mol. The van der Waals surface area contributed by atoms with E-state index in [1.807, 2.05) is 26.1 Å². The van der Waals surface area contributed by atoms with E-state index in [1.54, 1.807) is 13.0 Å². The smallest absolute Gasteiger partial charge is 0.150 e. The number of ether oxygens (including phenoxy) is 1. The van der Waals surface area contributed by atoms with Crippen molar-refractivity contribution in [2.24, 2.45) is 0 Å². The molecule has 0 spiro atoms. The molecule has 4 nitrogen and oxygen atoms in total. The summed E-state index contributed by atoms with van der Waals surface area (Å²) in [5.41, 5.74) is 0.971. The van der Waals surface area contributed by atoms with Crippen molar-refractivity contribution in [3.8, 4) is 5.75 Å². The zero-order valence-corrected chi connectivity index (χ0v) is 13.7. The minimum absolute atomic E-state index is 0.114. The van der Waals surface area contributed by atoms with Crippen molar-refractivity contribution in [1.29, 1.82) is 0 Å². The minimum Gasteiger partial charge on any atom is -0.493 e. The number of nitrogens with one attached hydrogen (secondary N) is 1. The predicted molar refractivity (Wildman–Crippen MR) is 83.4 cm³/mol. The van der Waals surface area contributed by atoms with Gasteiger partial charge in [-0.15, -0.1) is 0 Å². The van der Waals surface area contributed by atoms with E-state index in [0.29, 0.717) is 18.1 Å². The lowest BCUT2D eigenvalue weighted by atomic mass is 10.1. The van der Waals surface area contributed by atoms with Crippen LogP contribution in [0.25, 0.3) is 0 Å². The molecule has 0 radical (unpaired) electrons. The van der Waals surface area contributed by atoms with E-state index in [-0.39, 0.29) is 17.5 Å². The summed E-state index contributed by atoms with van der Waals surface area (Å²) in [5.74, 6) is 1.08. The van der Waals surface area contributed by atoms with Gasteiger partial charge in [0.1, 0.15) is 15.6 Å². The highest BCUT2D eigenvalue weighted by atomic mass is 35.5. The van der Waals surface area contributed by atoms with Crippen molar-refractivity contribution in [3.63, 3.8) is 0 Å². The summed E-state index contributed by atoms with van der Waals surface area (Å²) in [7, 11) is -1.06. The molecule has 114 valence electrons. The van der Waals surface area contributed by atoms with Crippen molar-refractivity contribution in [2.45, 2.75) is 26.3 Å². The Morgan fingerprint density at radius 1 is 1.40 bits per heavy atom. The summed E-state index contributed by atoms with van der Waals surface area (Å²) in [4.78, 5) is 0.